The molecule has 1 aromatic rings. The van der Waals surface area contributed by atoms with Crippen LogP contribution in [0, 0.1) is 11.8 Å². The molecule has 3 rings (SSSR count). The van der Waals surface area contributed by atoms with E-state index in [0.717, 1.165) is 57.6 Å². The number of guanidine groups is 1. The van der Waals surface area contributed by atoms with Crippen LogP contribution in [0.3, 0.4) is 0 Å². The van der Waals surface area contributed by atoms with Crippen LogP contribution in [0.5, 0.6) is 0 Å². The summed E-state index contributed by atoms with van der Waals surface area (Å²) in [5.74, 6) is 2.40. The number of methoxy groups -OCH3 is 1. The minimum atomic E-state index is 0.564. The molecular formula is C25H42N4O2. The maximum Gasteiger partial charge on any atom is 0.194 e. The number of nitrogens with zero attached hydrogens (tertiary/aromatic N) is 3. The first-order chi connectivity index (χ1) is 15.2. The lowest BCUT2D eigenvalue weighted by atomic mass is 9.99. The van der Waals surface area contributed by atoms with Gasteiger partial charge in [0.2, 0.25) is 0 Å². The summed E-state index contributed by atoms with van der Waals surface area (Å²) in [5, 5.41) is 3.50. The average molecular weight is 431 g/mol. The molecule has 6 heteroatoms. The Morgan fingerprint density at radius 2 is 1.97 bits per heavy atom. The summed E-state index contributed by atoms with van der Waals surface area (Å²) < 4.78 is 10.8. The lowest BCUT2D eigenvalue weighted by Crippen LogP contribution is -2.40. The summed E-state index contributed by atoms with van der Waals surface area (Å²) in [7, 11) is 1.71. The van der Waals surface area contributed by atoms with Crippen molar-refractivity contribution < 1.29 is 9.47 Å². The van der Waals surface area contributed by atoms with Gasteiger partial charge in [-0.1, -0.05) is 31.2 Å². The second-order valence-corrected chi connectivity index (χ2v) is 9.09. The molecule has 174 valence electrons. The smallest absolute Gasteiger partial charge is 0.194 e. The zero-order valence-corrected chi connectivity index (χ0v) is 19.8. The third-order valence-electron chi connectivity index (χ3n) is 6.36. The Morgan fingerprint density at radius 1 is 1.13 bits per heavy atom. The van der Waals surface area contributed by atoms with E-state index in [1.807, 2.05) is 0 Å². The van der Waals surface area contributed by atoms with E-state index in [-0.39, 0.29) is 0 Å². The van der Waals surface area contributed by atoms with Crippen LogP contribution in [-0.4, -0.2) is 75.4 Å². The van der Waals surface area contributed by atoms with Crippen molar-refractivity contribution >= 4 is 5.96 Å². The van der Waals surface area contributed by atoms with E-state index in [1.54, 1.807) is 7.11 Å². The minimum absolute atomic E-state index is 0.564. The van der Waals surface area contributed by atoms with E-state index in [9.17, 15) is 0 Å². The van der Waals surface area contributed by atoms with Crippen molar-refractivity contribution in [3.05, 3.63) is 35.4 Å². The molecule has 0 bridgehead atoms. The zero-order valence-electron chi connectivity index (χ0n) is 19.8. The van der Waals surface area contributed by atoms with Crippen LogP contribution < -0.4 is 5.32 Å². The summed E-state index contributed by atoms with van der Waals surface area (Å²) in [4.78, 5) is 10.0. The Labute approximate surface area is 189 Å². The van der Waals surface area contributed by atoms with Gasteiger partial charge >= 0.3 is 0 Å². The summed E-state index contributed by atoms with van der Waals surface area (Å²) in [6, 6.07) is 8.83. The fraction of sp³-hybridized carbons (Fsp3) is 0.720. The molecule has 2 aliphatic rings. The maximum atomic E-state index is 5.75. The van der Waals surface area contributed by atoms with E-state index in [2.05, 4.69) is 53.2 Å². The van der Waals surface area contributed by atoms with Crippen molar-refractivity contribution in [1.29, 1.82) is 0 Å². The second kappa shape index (κ2) is 13.0. The number of rotatable bonds is 10. The van der Waals surface area contributed by atoms with Crippen molar-refractivity contribution in [2.24, 2.45) is 16.8 Å². The molecule has 0 aromatic heterocycles. The van der Waals surface area contributed by atoms with Gasteiger partial charge in [0.15, 0.2) is 5.96 Å². The highest BCUT2D eigenvalue weighted by Gasteiger charge is 2.25. The van der Waals surface area contributed by atoms with Gasteiger partial charge in [-0.3, -0.25) is 4.90 Å². The van der Waals surface area contributed by atoms with Crippen molar-refractivity contribution in [1.82, 2.24) is 15.1 Å². The second-order valence-electron chi connectivity index (χ2n) is 9.09. The molecular weight excluding hydrogens is 388 g/mol. The first-order valence-corrected chi connectivity index (χ1v) is 12.1. The number of aliphatic imine (C=N–C) groups is 1. The Morgan fingerprint density at radius 3 is 2.74 bits per heavy atom. The maximum absolute atomic E-state index is 5.75. The predicted molar refractivity (Wildman–Crippen MR) is 127 cm³/mol. The standard InChI is InChI=1S/C25H42N4O2/c1-4-26-25(29-13-11-22(18-29)20-31-15-14-30-3)27-16-23-9-5-6-10-24(23)19-28-12-7-8-21(2)17-28/h5-6,9-10,21-22H,4,7-8,11-20H2,1-3H3,(H,26,27). The first kappa shape index (κ1) is 24.0. The first-order valence-electron chi connectivity index (χ1n) is 12.1. The number of hydrogen-bond acceptors (Lipinski definition) is 4. The molecule has 2 aliphatic heterocycles. The van der Waals surface area contributed by atoms with Gasteiger partial charge < -0.3 is 19.7 Å². The van der Waals surface area contributed by atoms with E-state index >= 15 is 0 Å². The van der Waals surface area contributed by atoms with Crippen molar-refractivity contribution in [3.63, 3.8) is 0 Å². The van der Waals surface area contributed by atoms with E-state index in [0.29, 0.717) is 19.1 Å². The molecule has 2 saturated heterocycles. The Kier molecular flexibility index (Phi) is 10.1. The molecule has 1 N–H and O–H groups in total. The number of nitrogens with one attached hydrogen (secondary N) is 1. The van der Waals surface area contributed by atoms with Crippen LogP contribution in [0.1, 0.15) is 44.2 Å². The monoisotopic (exact) mass is 430 g/mol. The molecule has 0 radical (unpaired) electrons. The molecule has 6 nitrogen and oxygen atoms in total. The fourth-order valence-electron chi connectivity index (χ4n) is 4.68. The molecule has 0 saturated carbocycles. The van der Waals surface area contributed by atoms with Crippen molar-refractivity contribution in [2.75, 3.05) is 59.7 Å². The van der Waals surface area contributed by atoms with Crippen LogP contribution in [0.2, 0.25) is 0 Å². The third-order valence-corrected chi connectivity index (χ3v) is 6.36. The summed E-state index contributed by atoms with van der Waals surface area (Å²) >= 11 is 0. The summed E-state index contributed by atoms with van der Waals surface area (Å²) in [5.41, 5.74) is 2.76. The zero-order chi connectivity index (χ0) is 21.9. The molecule has 2 heterocycles. The molecule has 0 amide bonds. The van der Waals surface area contributed by atoms with Gasteiger partial charge in [0, 0.05) is 45.8 Å². The highest BCUT2D eigenvalue weighted by atomic mass is 16.5. The number of piperidine rings is 1. The van der Waals surface area contributed by atoms with Gasteiger partial charge in [-0.2, -0.15) is 0 Å². The van der Waals surface area contributed by atoms with Crippen LogP contribution in [0.15, 0.2) is 29.3 Å². The van der Waals surface area contributed by atoms with E-state index in [1.165, 1.54) is 37.1 Å². The molecule has 2 unspecified atom stereocenters. The van der Waals surface area contributed by atoms with Gasteiger partial charge in [-0.15, -0.1) is 0 Å². The highest BCUT2D eigenvalue weighted by molar-refractivity contribution is 5.80. The third kappa shape index (κ3) is 7.78. The van der Waals surface area contributed by atoms with Gasteiger partial charge in [0.1, 0.15) is 0 Å². The summed E-state index contributed by atoms with van der Waals surface area (Å²) in [6.07, 6.45) is 3.83. The molecule has 0 aliphatic carbocycles. The van der Waals surface area contributed by atoms with E-state index < -0.39 is 0 Å². The number of ether oxygens (including phenoxy) is 2. The van der Waals surface area contributed by atoms with Crippen molar-refractivity contribution in [2.45, 2.75) is 46.2 Å². The van der Waals surface area contributed by atoms with E-state index in [4.69, 9.17) is 14.5 Å². The number of benzene rings is 1. The lowest BCUT2D eigenvalue weighted by molar-refractivity contribution is 0.0536. The lowest BCUT2D eigenvalue weighted by Gasteiger charge is -2.31. The van der Waals surface area contributed by atoms with Crippen LogP contribution >= 0.6 is 0 Å². The van der Waals surface area contributed by atoms with Crippen molar-refractivity contribution in [3.8, 4) is 0 Å². The average Bonchev–Trinajstić information content (AvgIpc) is 3.24. The van der Waals surface area contributed by atoms with Gasteiger partial charge in [0.25, 0.3) is 0 Å². The number of likely N-dealkylation sites (tertiary alicyclic amines) is 2. The SMILES string of the molecule is CCNC(=NCc1ccccc1CN1CCCC(C)C1)N1CCC(COCCOC)C1. The molecule has 1 aromatic carbocycles. The quantitative estimate of drug-likeness (QED) is 0.350. The Balaban J connectivity index is 1.58. The Hall–Kier alpha value is -1.63. The highest BCUT2D eigenvalue weighted by Crippen LogP contribution is 2.21. The molecule has 2 fully saturated rings. The Bertz CT molecular complexity index is 681. The minimum Gasteiger partial charge on any atom is -0.382 e. The number of hydrogen-bond donors (Lipinski definition) is 1. The predicted octanol–water partition coefficient (Wildman–Crippen LogP) is 3.37. The fourth-order valence-corrected chi connectivity index (χ4v) is 4.68. The molecule has 31 heavy (non-hydrogen) atoms. The normalized spacial score (nSPS) is 22.8. The van der Waals surface area contributed by atoms with Crippen LogP contribution in [0.25, 0.3) is 0 Å². The van der Waals surface area contributed by atoms with Gasteiger partial charge in [0.05, 0.1) is 26.4 Å². The summed E-state index contributed by atoms with van der Waals surface area (Å²) in [6.45, 7) is 13.8. The van der Waals surface area contributed by atoms with Gasteiger partial charge in [-0.05, 0) is 49.8 Å². The molecule has 0 spiro atoms. The largest absolute Gasteiger partial charge is 0.382 e. The van der Waals surface area contributed by atoms with Crippen LogP contribution in [0.4, 0.5) is 0 Å². The van der Waals surface area contributed by atoms with Gasteiger partial charge in [-0.25, -0.2) is 4.99 Å². The molecule has 2 atom stereocenters. The van der Waals surface area contributed by atoms with Crippen LogP contribution in [-0.2, 0) is 22.6 Å². The topological polar surface area (TPSA) is 49.3 Å².